The van der Waals surface area contributed by atoms with Crippen LogP contribution in [0.2, 0.25) is 5.02 Å². The van der Waals surface area contributed by atoms with Crippen LogP contribution in [0.3, 0.4) is 0 Å². The minimum Gasteiger partial charge on any atom is -0.370 e. The van der Waals surface area contributed by atoms with E-state index in [0.29, 0.717) is 6.61 Å². The first kappa shape index (κ1) is 17.9. The molecule has 1 aliphatic heterocycles. The topological polar surface area (TPSA) is 51.1 Å². The van der Waals surface area contributed by atoms with Gasteiger partial charge in [0.2, 0.25) is 0 Å². The molecule has 0 aliphatic carbocycles. The van der Waals surface area contributed by atoms with Crippen molar-refractivity contribution in [1.29, 1.82) is 0 Å². The highest BCUT2D eigenvalue weighted by Crippen LogP contribution is 2.30. The summed E-state index contributed by atoms with van der Waals surface area (Å²) in [5.41, 5.74) is 4.18. The summed E-state index contributed by atoms with van der Waals surface area (Å²) in [5, 5.41) is 0.732. The third-order valence-corrected chi connectivity index (χ3v) is 5.16. The molecule has 0 spiro atoms. The first-order valence-corrected chi connectivity index (χ1v) is 9.37. The number of anilines is 1. The molecule has 0 amide bonds. The highest BCUT2D eigenvalue weighted by atomic mass is 35.5. The molecule has 4 rings (SSSR count). The summed E-state index contributed by atoms with van der Waals surface area (Å²) in [4.78, 5) is 15.9. The van der Waals surface area contributed by atoms with Gasteiger partial charge in [0.1, 0.15) is 11.9 Å². The summed E-state index contributed by atoms with van der Waals surface area (Å²) >= 11 is 6.02. The minimum absolute atomic E-state index is 0.00457. The van der Waals surface area contributed by atoms with Crippen LogP contribution in [0.25, 0.3) is 11.4 Å². The maximum Gasteiger partial charge on any atom is 0.161 e. The molecule has 1 fully saturated rings. The zero-order valence-electron chi connectivity index (χ0n) is 15.4. The first-order valence-electron chi connectivity index (χ1n) is 8.99. The van der Waals surface area contributed by atoms with Gasteiger partial charge in [0.25, 0.3) is 0 Å². The Morgan fingerprint density at radius 3 is 2.52 bits per heavy atom. The molecular weight excluding hydrogens is 360 g/mol. The Kier molecular flexibility index (Phi) is 5.05. The number of ether oxygens (including phenoxy) is 1. The van der Waals surface area contributed by atoms with Crippen LogP contribution in [0.15, 0.2) is 48.8 Å². The Morgan fingerprint density at radius 1 is 1.04 bits per heavy atom. The number of aromatic nitrogens is 3. The maximum atomic E-state index is 6.02. The second kappa shape index (κ2) is 7.62. The number of benzene rings is 1. The van der Waals surface area contributed by atoms with Crippen molar-refractivity contribution in [2.24, 2.45) is 0 Å². The molecule has 1 saturated heterocycles. The number of hydrogen-bond acceptors (Lipinski definition) is 5. The Labute approximate surface area is 164 Å². The van der Waals surface area contributed by atoms with Crippen LogP contribution in [-0.2, 0) is 4.74 Å². The normalized spacial score (nSPS) is 17.1. The van der Waals surface area contributed by atoms with Crippen LogP contribution in [0, 0.1) is 13.8 Å². The van der Waals surface area contributed by atoms with Crippen molar-refractivity contribution in [3.8, 4) is 11.4 Å². The monoisotopic (exact) mass is 380 g/mol. The van der Waals surface area contributed by atoms with E-state index in [1.807, 2.05) is 43.3 Å². The molecular formula is C21H21ClN4O. The summed E-state index contributed by atoms with van der Waals surface area (Å²) in [6, 6.07) is 11.7. The lowest BCUT2D eigenvalue weighted by Crippen LogP contribution is -2.39. The van der Waals surface area contributed by atoms with Gasteiger partial charge in [-0.25, -0.2) is 9.97 Å². The average Bonchev–Trinajstić information content (AvgIpc) is 2.71. The van der Waals surface area contributed by atoms with E-state index in [1.54, 1.807) is 12.4 Å². The van der Waals surface area contributed by atoms with E-state index in [1.165, 1.54) is 0 Å². The fraction of sp³-hybridized carbons (Fsp3) is 0.286. The summed E-state index contributed by atoms with van der Waals surface area (Å²) in [6.07, 6.45) is 3.52. The zero-order valence-corrected chi connectivity index (χ0v) is 16.1. The number of morpholine rings is 1. The molecule has 6 heteroatoms. The molecule has 0 radical (unpaired) electrons. The molecule has 2 aromatic heterocycles. The van der Waals surface area contributed by atoms with Crippen LogP contribution >= 0.6 is 11.6 Å². The van der Waals surface area contributed by atoms with Gasteiger partial charge in [-0.05, 0) is 43.7 Å². The van der Waals surface area contributed by atoms with Gasteiger partial charge in [0, 0.05) is 47.3 Å². The third-order valence-electron chi connectivity index (χ3n) is 4.91. The number of nitrogens with zero attached hydrogens (tertiary/aromatic N) is 4. The standard InChI is InChI=1S/C21H21ClN4O/c1-14-15(2)24-20(17-7-9-23-10-8-17)25-21(14)26-11-12-27-19(13-26)16-3-5-18(22)6-4-16/h3-10,19H,11-13H2,1-2H3/t19-/m0/s1. The summed E-state index contributed by atoms with van der Waals surface area (Å²) in [7, 11) is 0. The van der Waals surface area contributed by atoms with E-state index in [9.17, 15) is 0 Å². The second-order valence-corrected chi connectivity index (χ2v) is 7.11. The van der Waals surface area contributed by atoms with Crippen molar-refractivity contribution in [2.45, 2.75) is 20.0 Å². The molecule has 1 aliphatic rings. The van der Waals surface area contributed by atoms with Crippen molar-refractivity contribution in [1.82, 2.24) is 15.0 Å². The Morgan fingerprint density at radius 2 is 1.78 bits per heavy atom. The van der Waals surface area contributed by atoms with Gasteiger partial charge in [-0.3, -0.25) is 4.98 Å². The maximum absolute atomic E-state index is 6.02. The SMILES string of the molecule is Cc1nc(-c2ccncc2)nc(N2CCO[C@H](c3ccc(Cl)cc3)C2)c1C. The van der Waals surface area contributed by atoms with Crippen LogP contribution in [0.4, 0.5) is 5.82 Å². The van der Waals surface area contributed by atoms with Crippen LogP contribution in [-0.4, -0.2) is 34.6 Å². The van der Waals surface area contributed by atoms with Crippen molar-refractivity contribution in [3.05, 3.63) is 70.6 Å². The molecule has 1 atom stereocenters. The lowest BCUT2D eigenvalue weighted by atomic mass is 10.1. The molecule has 1 aromatic carbocycles. The van der Waals surface area contributed by atoms with Gasteiger partial charge < -0.3 is 9.64 Å². The van der Waals surface area contributed by atoms with E-state index in [4.69, 9.17) is 21.3 Å². The summed E-state index contributed by atoms with van der Waals surface area (Å²) in [5.74, 6) is 1.70. The molecule has 0 N–H and O–H groups in total. The van der Waals surface area contributed by atoms with E-state index in [0.717, 1.165) is 52.1 Å². The third kappa shape index (κ3) is 3.80. The van der Waals surface area contributed by atoms with E-state index in [-0.39, 0.29) is 6.10 Å². The van der Waals surface area contributed by atoms with Crippen molar-refractivity contribution in [3.63, 3.8) is 0 Å². The smallest absolute Gasteiger partial charge is 0.161 e. The van der Waals surface area contributed by atoms with Gasteiger partial charge in [0.05, 0.1) is 6.61 Å². The predicted molar refractivity (Wildman–Crippen MR) is 107 cm³/mol. The Hall–Kier alpha value is -2.50. The van der Waals surface area contributed by atoms with Crippen LogP contribution < -0.4 is 4.90 Å². The van der Waals surface area contributed by atoms with Crippen LogP contribution in [0.5, 0.6) is 0 Å². The largest absolute Gasteiger partial charge is 0.370 e. The molecule has 0 saturated carbocycles. The van der Waals surface area contributed by atoms with Gasteiger partial charge in [-0.15, -0.1) is 0 Å². The fourth-order valence-corrected chi connectivity index (χ4v) is 3.40. The lowest BCUT2D eigenvalue weighted by Gasteiger charge is -2.35. The fourth-order valence-electron chi connectivity index (χ4n) is 3.27. The average molecular weight is 381 g/mol. The van der Waals surface area contributed by atoms with Crippen molar-refractivity contribution < 1.29 is 4.74 Å². The van der Waals surface area contributed by atoms with Crippen LogP contribution in [0.1, 0.15) is 22.9 Å². The molecule has 27 heavy (non-hydrogen) atoms. The molecule has 3 aromatic rings. The van der Waals surface area contributed by atoms with Gasteiger partial charge >= 0.3 is 0 Å². The lowest BCUT2D eigenvalue weighted by molar-refractivity contribution is 0.0395. The van der Waals surface area contributed by atoms with E-state index >= 15 is 0 Å². The molecule has 3 heterocycles. The number of pyridine rings is 1. The molecule has 138 valence electrons. The summed E-state index contributed by atoms with van der Waals surface area (Å²) in [6.45, 7) is 6.31. The summed E-state index contributed by atoms with van der Waals surface area (Å²) < 4.78 is 6.00. The molecule has 5 nitrogen and oxygen atoms in total. The molecule has 0 unspecified atom stereocenters. The molecule has 0 bridgehead atoms. The highest BCUT2D eigenvalue weighted by molar-refractivity contribution is 6.30. The van der Waals surface area contributed by atoms with E-state index < -0.39 is 0 Å². The number of halogens is 1. The van der Waals surface area contributed by atoms with Gasteiger partial charge in [0.15, 0.2) is 5.82 Å². The highest BCUT2D eigenvalue weighted by Gasteiger charge is 2.25. The quantitative estimate of drug-likeness (QED) is 0.674. The first-order chi connectivity index (χ1) is 13.1. The van der Waals surface area contributed by atoms with Crippen molar-refractivity contribution >= 4 is 17.4 Å². The van der Waals surface area contributed by atoms with Gasteiger partial charge in [-0.2, -0.15) is 0 Å². The number of aryl methyl sites for hydroxylation is 1. The minimum atomic E-state index is -0.00457. The van der Waals surface area contributed by atoms with E-state index in [2.05, 4.69) is 21.8 Å². The number of rotatable bonds is 3. The Balaban J connectivity index is 1.66. The second-order valence-electron chi connectivity index (χ2n) is 6.67. The zero-order chi connectivity index (χ0) is 18.8. The predicted octanol–water partition coefficient (Wildman–Crippen LogP) is 4.39. The number of hydrogen-bond donors (Lipinski definition) is 0. The van der Waals surface area contributed by atoms with Gasteiger partial charge in [-0.1, -0.05) is 23.7 Å². The Bertz CT molecular complexity index is 931. The van der Waals surface area contributed by atoms with Crippen molar-refractivity contribution in [2.75, 3.05) is 24.6 Å².